The number of nitrogens with one attached hydrogen (secondary N) is 1. The Kier molecular flexibility index (Phi) is 4.66. The van der Waals surface area contributed by atoms with Crippen LogP contribution in [-0.2, 0) is 17.8 Å². The van der Waals surface area contributed by atoms with Gasteiger partial charge in [-0.25, -0.2) is 4.98 Å². The molecule has 3 rings (SSSR count). The molecule has 0 aromatic carbocycles. The number of fused-ring (bicyclic) bond motifs is 2. The molecule has 0 atom stereocenters. The molecule has 8 heteroatoms. The van der Waals surface area contributed by atoms with Gasteiger partial charge in [-0.3, -0.25) is 19.0 Å². The van der Waals surface area contributed by atoms with Crippen LogP contribution in [-0.4, -0.2) is 33.1 Å². The van der Waals surface area contributed by atoms with Gasteiger partial charge in [-0.1, -0.05) is 6.42 Å². The summed E-state index contributed by atoms with van der Waals surface area (Å²) in [5, 5.41) is 11.7. The molecule has 1 aliphatic rings. The quantitative estimate of drug-likeness (QED) is 0.875. The van der Waals surface area contributed by atoms with Gasteiger partial charge in [0.1, 0.15) is 10.7 Å². The molecule has 1 aliphatic heterocycles. The van der Waals surface area contributed by atoms with Gasteiger partial charge in [0, 0.05) is 19.5 Å². The zero-order valence-electron chi connectivity index (χ0n) is 13.4. The van der Waals surface area contributed by atoms with Crippen molar-refractivity contribution in [3.8, 4) is 0 Å². The summed E-state index contributed by atoms with van der Waals surface area (Å²) in [4.78, 5) is 41.3. The van der Waals surface area contributed by atoms with Crippen molar-refractivity contribution in [2.75, 3.05) is 6.54 Å². The zero-order valence-corrected chi connectivity index (χ0v) is 14.2. The van der Waals surface area contributed by atoms with Crippen molar-refractivity contribution in [2.24, 2.45) is 0 Å². The summed E-state index contributed by atoms with van der Waals surface area (Å²) in [5.74, 6) is -0.521. The van der Waals surface area contributed by atoms with Crippen LogP contribution in [0, 0.1) is 6.92 Å². The molecule has 3 heterocycles. The molecule has 0 fully saturated rings. The minimum absolute atomic E-state index is 0.0603. The van der Waals surface area contributed by atoms with E-state index < -0.39 is 5.97 Å². The predicted molar refractivity (Wildman–Crippen MR) is 90.8 cm³/mol. The summed E-state index contributed by atoms with van der Waals surface area (Å²) in [6, 6.07) is 0. The van der Waals surface area contributed by atoms with Crippen LogP contribution in [0.3, 0.4) is 0 Å². The molecule has 1 amide bonds. The molecular weight excluding hydrogens is 330 g/mol. The van der Waals surface area contributed by atoms with Crippen molar-refractivity contribution in [3.63, 3.8) is 0 Å². The molecular formula is C16H19N3O4S. The maximum Gasteiger partial charge on any atom is 0.305 e. The molecule has 0 saturated carbocycles. The fourth-order valence-electron chi connectivity index (χ4n) is 2.99. The fraction of sp³-hybridized carbons (Fsp3) is 0.500. The highest BCUT2D eigenvalue weighted by Crippen LogP contribution is 2.28. The molecule has 0 bridgehead atoms. The van der Waals surface area contributed by atoms with E-state index in [1.54, 1.807) is 11.5 Å². The number of carbonyl (C=O) groups excluding carboxylic acids is 1. The van der Waals surface area contributed by atoms with Gasteiger partial charge in [-0.2, -0.15) is 0 Å². The largest absolute Gasteiger partial charge is 0.481 e. The third kappa shape index (κ3) is 3.06. The standard InChI is InChI=1S/C16H19N3O4S/c1-9-12-15(24-13(9)14(22)17-7-6-11(20)21)18-10-5-3-2-4-8-19(10)16(12)23/h2-8H2,1H3,(H,17,22)(H,20,21). The average Bonchev–Trinajstić information content (AvgIpc) is 2.70. The van der Waals surface area contributed by atoms with Crippen LogP contribution in [0.4, 0.5) is 0 Å². The topological polar surface area (TPSA) is 101 Å². The van der Waals surface area contributed by atoms with Crippen LogP contribution in [0.2, 0.25) is 0 Å². The van der Waals surface area contributed by atoms with Gasteiger partial charge in [0.2, 0.25) is 0 Å². The highest BCUT2D eigenvalue weighted by atomic mass is 32.1. The summed E-state index contributed by atoms with van der Waals surface area (Å²) in [6.45, 7) is 2.48. The summed E-state index contributed by atoms with van der Waals surface area (Å²) in [5.41, 5.74) is 0.551. The second-order valence-electron chi connectivity index (χ2n) is 5.93. The number of aryl methyl sites for hydroxylation is 2. The third-order valence-corrected chi connectivity index (χ3v) is 5.43. The fourth-order valence-corrected chi connectivity index (χ4v) is 4.10. The lowest BCUT2D eigenvalue weighted by Gasteiger charge is -2.08. The lowest BCUT2D eigenvalue weighted by atomic mass is 10.2. The summed E-state index contributed by atoms with van der Waals surface area (Å²) in [7, 11) is 0. The van der Waals surface area contributed by atoms with Crippen molar-refractivity contribution in [3.05, 3.63) is 26.6 Å². The number of aliphatic carboxylic acids is 1. The van der Waals surface area contributed by atoms with Gasteiger partial charge in [0.05, 0.1) is 16.7 Å². The number of carboxylic acids is 1. The number of rotatable bonds is 4. The molecule has 0 aliphatic carbocycles. The van der Waals surface area contributed by atoms with Gasteiger partial charge >= 0.3 is 5.97 Å². The Balaban J connectivity index is 1.98. The van der Waals surface area contributed by atoms with E-state index >= 15 is 0 Å². The van der Waals surface area contributed by atoms with Crippen LogP contribution in [0.5, 0.6) is 0 Å². The second-order valence-corrected chi connectivity index (χ2v) is 6.93. The van der Waals surface area contributed by atoms with E-state index in [-0.39, 0.29) is 24.4 Å². The Hall–Kier alpha value is -2.22. The van der Waals surface area contributed by atoms with E-state index in [9.17, 15) is 14.4 Å². The SMILES string of the molecule is Cc1c(C(=O)NCCC(=O)O)sc2nc3n(c(=O)c12)CCCCC3. The first-order chi connectivity index (χ1) is 11.5. The summed E-state index contributed by atoms with van der Waals surface area (Å²) in [6.07, 6.45) is 3.72. The van der Waals surface area contributed by atoms with Crippen LogP contribution >= 0.6 is 11.3 Å². The molecule has 24 heavy (non-hydrogen) atoms. The molecule has 2 N–H and O–H groups in total. The Labute approximate surface area is 142 Å². The molecule has 0 radical (unpaired) electrons. The predicted octanol–water partition coefficient (Wildman–Crippen LogP) is 1.70. The zero-order chi connectivity index (χ0) is 17.3. The van der Waals surface area contributed by atoms with Crippen LogP contribution < -0.4 is 10.9 Å². The average molecular weight is 349 g/mol. The Morgan fingerprint density at radius 2 is 2.12 bits per heavy atom. The number of hydrogen-bond donors (Lipinski definition) is 2. The lowest BCUT2D eigenvalue weighted by molar-refractivity contribution is -0.136. The summed E-state index contributed by atoms with van der Waals surface area (Å²) >= 11 is 1.20. The maximum absolute atomic E-state index is 12.8. The van der Waals surface area contributed by atoms with Crippen molar-refractivity contribution >= 4 is 33.4 Å². The molecule has 2 aromatic rings. The van der Waals surface area contributed by atoms with Gasteiger partial charge in [0.25, 0.3) is 11.5 Å². The first kappa shape index (κ1) is 16.6. The number of hydrogen-bond acceptors (Lipinski definition) is 5. The normalized spacial score (nSPS) is 14.2. The molecule has 128 valence electrons. The molecule has 2 aromatic heterocycles. The minimum Gasteiger partial charge on any atom is -0.481 e. The highest BCUT2D eigenvalue weighted by molar-refractivity contribution is 7.20. The van der Waals surface area contributed by atoms with Crippen LogP contribution in [0.15, 0.2) is 4.79 Å². The number of amides is 1. The van der Waals surface area contributed by atoms with Gasteiger partial charge in [0.15, 0.2) is 0 Å². The highest BCUT2D eigenvalue weighted by Gasteiger charge is 2.22. The van der Waals surface area contributed by atoms with E-state index in [4.69, 9.17) is 5.11 Å². The molecule has 0 saturated heterocycles. The third-order valence-electron chi connectivity index (χ3n) is 4.24. The number of aromatic nitrogens is 2. The van der Waals surface area contributed by atoms with Crippen LogP contribution in [0.1, 0.15) is 46.7 Å². The number of nitrogens with zero attached hydrogens (tertiary/aromatic N) is 2. The summed E-state index contributed by atoms with van der Waals surface area (Å²) < 4.78 is 1.74. The first-order valence-corrected chi connectivity index (χ1v) is 8.83. The Morgan fingerprint density at radius 3 is 2.88 bits per heavy atom. The first-order valence-electron chi connectivity index (χ1n) is 8.02. The van der Waals surface area contributed by atoms with Crippen molar-refractivity contribution in [1.29, 1.82) is 0 Å². The van der Waals surface area contributed by atoms with Gasteiger partial charge < -0.3 is 10.4 Å². The second kappa shape index (κ2) is 6.72. The van der Waals surface area contributed by atoms with E-state index in [1.165, 1.54) is 11.3 Å². The lowest BCUT2D eigenvalue weighted by Crippen LogP contribution is -2.26. The number of thiophene rings is 1. The van der Waals surface area contributed by atoms with E-state index in [2.05, 4.69) is 10.3 Å². The van der Waals surface area contributed by atoms with E-state index in [0.29, 0.717) is 27.2 Å². The Bertz CT molecular complexity index is 868. The Morgan fingerprint density at radius 1 is 1.33 bits per heavy atom. The maximum atomic E-state index is 12.8. The molecule has 0 unspecified atom stereocenters. The molecule has 7 nitrogen and oxygen atoms in total. The number of carboxylic acid groups (broad SMARTS) is 1. The van der Waals surface area contributed by atoms with Crippen LogP contribution in [0.25, 0.3) is 10.2 Å². The van der Waals surface area contributed by atoms with Gasteiger partial charge in [-0.15, -0.1) is 11.3 Å². The van der Waals surface area contributed by atoms with Crippen molar-refractivity contribution in [1.82, 2.24) is 14.9 Å². The van der Waals surface area contributed by atoms with Gasteiger partial charge in [-0.05, 0) is 25.3 Å². The van der Waals surface area contributed by atoms with E-state index in [0.717, 1.165) is 31.5 Å². The van der Waals surface area contributed by atoms with Crippen molar-refractivity contribution < 1.29 is 14.7 Å². The van der Waals surface area contributed by atoms with E-state index in [1.807, 2.05) is 0 Å². The smallest absolute Gasteiger partial charge is 0.305 e. The monoisotopic (exact) mass is 349 g/mol. The minimum atomic E-state index is -0.966. The molecule has 0 spiro atoms. The number of carbonyl (C=O) groups is 2. The van der Waals surface area contributed by atoms with Crippen molar-refractivity contribution in [2.45, 2.75) is 45.6 Å².